The third-order valence-corrected chi connectivity index (χ3v) is 6.35. The summed E-state index contributed by atoms with van der Waals surface area (Å²) in [5, 5.41) is 0. The Kier molecular flexibility index (Phi) is 4.76. The van der Waals surface area contributed by atoms with E-state index in [1.165, 1.54) is 0 Å². The molecule has 6 heteroatoms. The van der Waals surface area contributed by atoms with E-state index in [4.69, 9.17) is 5.73 Å². The predicted molar refractivity (Wildman–Crippen MR) is 84.9 cm³/mol. The molecule has 2 rings (SSSR count). The second-order valence-electron chi connectivity index (χ2n) is 5.72. The second kappa shape index (κ2) is 6.03. The Morgan fingerprint density at radius 1 is 1.40 bits per heavy atom. The van der Waals surface area contributed by atoms with Gasteiger partial charge in [0.1, 0.15) is 0 Å². The minimum Gasteiger partial charge on any atom is -0.399 e. The quantitative estimate of drug-likeness (QED) is 0.792. The first-order valence-corrected chi connectivity index (χ1v) is 9.12. The molecule has 0 bridgehead atoms. The molecule has 0 amide bonds. The van der Waals surface area contributed by atoms with Crippen LogP contribution in [0, 0.1) is 5.92 Å². The molecule has 0 unspecified atom stereocenters. The summed E-state index contributed by atoms with van der Waals surface area (Å²) in [7, 11) is -3.45. The Hall–Kier alpha value is -0.590. The zero-order valence-electron chi connectivity index (χ0n) is 11.8. The summed E-state index contributed by atoms with van der Waals surface area (Å²) in [6.45, 7) is 4.80. The van der Waals surface area contributed by atoms with E-state index < -0.39 is 10.0 Å². The van der Waals surface area contributed by atoms with Crippen LogP contribution in [0.15, 0.2) is 27.6 Å². The summed E-state index contributed by atoms with van der Waals surface area (Å²) in [4.78, 5) is 0.308. The van der Waals surface area contributed by atoms with Gasteiger partial charge in [-0.1, -0.05) is 13.8 Å². The van der Waals surface area contributed by atoms with Gasteiger partial charge < -0.3 is 5.73 Å². The van der Waals surface area contributed by atoms with Gasteiger partial charge in [-0.2, -0.15) is 4.31 Å². The van der Waals surface area contributed by atoms with E-state index in [0.29, 0.717) is 27.5 Å². The van der Waals surface area contributed by atoms with Crippen molar-refractivity contribution in [1.29, 1.82) is 0 Å². The molecule has 1 fully saturated rings. The first-order chi connectivity index (χ1) is 9.32. The zero-order valence-corrected chi connectivity index (χ0v) is 14.2. The fourth-order valence-electron chi connectivity index (χ4n) is 2.10. The molecule has 1 aromatic rings. The van der Waals surface area contributed by atoms with Crippen LogP contribution in [0.2, 0.25) is 0 Å². The first-order valence-electron chi connectivity index (χ1n) is 6.89. The Labute approximate surface area is 129 Å². The molecular weight excluding hydrogens is 340 g/mol. The highest BCUT2D eigenvalue weighted by atomic mass is 79.9. The average molecular weight is 361 g/mol. The molecule has 20 heavy (non-hydrogen) atoms. The highest BCUT2D eigenvalue weighted by Gasteiger charge is 2.38. The highest BCUT2D eigenvalue weighted by molar-refractivity contribution is 9.10. The van der Waals surface area contributed by atoms with Gasteiger partial charge in [0.15, 0.2) is 0 Å². The van der Waals surface area contributed by atoms with Gasteiger partial charge in [-0.15, -0.1) is 0 Å². The number of nitrogens with zero attached hydrogens (tertiary/aromatic N) is 1. The van der Waals surface area contributed by atoms with Crippen LogP contribution in [-0.4, -0.2) is 25.3 Å². The lowest BCUT2D eigenvalue weighted by Crippen LogP contribution is -2.34. The van der Waals surface area contributed by atoms with Gasteiger partial charge in [0.2, 0.25) is 10.0 Å². The normalized spacial score (nSPS) is 16.1. The number of rotatable bonds is 6. The number of hydrogen-bond donors (Lipinski definition) is 1. The van der Waals surface area contributed by atoms with Crippen LogP contribution in [-0.2, 0) is 10.0 Å². The predicted octanol–water partition coefficient (Wildman–Crippen LogP) is 3.23. The molecule has 0 aromatic heterocycles. The van der Waals surface area contributed by atoms with E-state index in [9.17, 15) is 8.42 Å². The number of nitrogen functional groups attached to an aromatic ring is 1. The monoisotopic (exact) mass is 360 g/mol. The molecule has 112 valence electrons. The zero-order chi connectivity index (χ0) is 14.9. The molecule has 1 aliphatic rings. The van der Waals surface area contributed by atoms with Crippen molar-refractivity contribution < 1.29 is 8.42 Å². The fraction of sp³-hybridized carbons (Fsp3) is 0.571. The van der Waals surface area contributed by atoms with Gasteiger partial charge in [0.25, 0.3) is 0 Å². The van der Waals surface area contributed by atoms with Crippen molar-refractivity contribution in [2.24, 2.45) is 5.92 Å². The maximum Gasteiger partial charge on any atom is 0.244 e. The van der Waals surface area contributed by atoms with Gasteiger partial charge in [0.05, 0.1) is 4.90 Å². The average Bonchev–Trinajstić information content (AvgIpc) is 3.12. The number of sulfonamides is 1. The molecular formula is C14H21BrN2O2S. The Morgan fingerprint density at radius 2 is 2.05 bits per heavy atom. The fourth-order valence-corrected chi connectivity index (χ4v) is 4.86. The lowest BCUT2D eigenvalue weighted by atomic mass is 10.1. The Bertz CT molecular complexity index is 583. The van der Waals surface area contributed by atoms with Crippen molar-refractivity contribution in [2.45, 2.75) is 44.0 Å². The number of anilines is 1. The molecule has 1 saturated carbocycles. The smallest absolute Gasteiger partial charge is 0.244 e. The number of benzene rings is 1. The molecule has 0 saturated heterocycles. The minimum absolute atomic E-state index is 0.170. The molecule has 0 spiro atoms. The van der Waals surface area contributed by atoms with E-state index >= 15 is 0 Å². The maximum atomic E-state index is 12.8. The summed E-state index contributed by atoms with van der Waals surface area (Å²) in [5.41, 5.74) is 6.23. The van der Waals surface area contributed by atoms with Gasteiger partial charge in [0, 0.05) is 22.7 Å². The van der Waals surface area contributed by atoms with Crippen LogP contribution in [0.5, 0.6) is 0 Å². The van der Waals surface area contributed by atoms with Crippen molar-refractivity contribution in [3.63, 3.8) is 0 Å². The van der Waals surface area contributed by atoms with Crippen LogP contribution in [0.3, 0.4) is 0 Å². The molecule has 2 N–H and O–H groups in total. The van der Waals surface area contributed by atoms with Crippen LogP contribution < -0.4 is 5.73 Å². The van der Waals surface area contributed by atoms with Crippen molar-refractivity contribution >= 4 is 31.6 Å². The summed E-state index contributed by atoms with van der Waals surface area (Å²) in [6, 6.07) is 5.02. The van der Waals surface area contributed by atoms with Crippen molar-refractivity contribution in [2.75, 3.05) is 12.3 Å². The number of halogens is 1. The van der Waals surface area contributed by atoms with E-state index in [0.717, 1.165) is 19.3 Å². The van der Waals surface area contributed by atoms with Gasteiger partial charge in [-0.25, -0.2) is 8.42 Å². The lowest BCUT2D eigenvalue weighted by Gasteiger charge is -2.23. The molecule has 1 aromatic carbocycles. The van der Waals surface area contributed by atoms with Crippen LogP contribution in [0.25, 0.3) is 0 Å². The molecule has 1 aliphatic carbocycles. The first kappa shape index (κ1) is 15.8. The van der Waals surface area contributed by atoms with Crippen molar-refractivity contribution in [3.8, 4) is 0 Å². The Morgan fingerprint density at radius 3 is 2.55 bits per heavy atom. The third-order valence-electron chi connectivity index (χ3n) is 3.42. The molecule has 0 radical (unpaired) electrons. The van der Waals surface area contributed by atoms with Gasteiger partial charge >= 0.3 is 0 Å². The largest absolute Gasteiger partial charge is 0.399 e. The van der Waals surface area contributed by atoms with E-state index in [1.54, 1.807) is 22.5 Å². The van der Waals surface area contributed by atoms with Crippen LogP contribution in [0.1, 0.15) is 33.1 Å². The topological polar surface area (TPSA) is 63.4 Å². The summed E-state index contributed by atoms with van der Waals surface area (Å²) >= 11 is 3.31. The van der Waals surface area contributed by atoms with Crippen LogP contribution in [0.4, 0.5) is 5.69 Å². The van der Waals surface area contributed by atoms with E-state index in [1.807, 2.05) is 0 Å². The van der Waals surface area contributed by atoms with Crippen molar-refractivity contribution in [3.05, 3.63) is 22.7 Å². The summed E-state index contributed by atoms with van der Waals surface area (Å²) in [5.74, 6) is 0.487. The third kappa shape index (κ3) is 3.54. The van der Waals surface area contributed by atoms with Crippen LogP contribution >= 0.6 is 15.9 Å². The van der Waals surface area contributed by atoms with E-state index in [-0.39, 0.29) is 6.04 Å². The molecule has 0 aliphatic heterocycles. The highest BCUT2D eigenvalue weighted by Crippen LogP contribution is 2.35. The number of hydrogen-bond acceptors (Lipinski definition) is 3. The van der Waals surface area contributed by atoms with Gasteiger partial charge in [-0.05, 0) is 59.3 Å². The van der Waals surface area contributed by atoms with E-state index in [2.05, 4.69) is 29.8 Å². The van der Waals surface area contributed by atoms with Crippen molar-refractivity contribution in [1.82, 2.24) is 4.31 Å². The Balaban J connectivity index is 2.30. The molecule has 0 atom stereocenters. The maximum absolute atomic E-state index is 12.8. The second-order valence-corrected chi connectivity index (χ2v) is 8.43. The molecule has 4 nitrogen and oxygen atoms in total. The lowest BCUT2D eigenvalue weighted by molar-refractivity contribution is 0.373. The molecule has 0 heterocycles. The van der Waals surface area contributed by atoms with Gasteiger partial charge in [-0.3, -0.25) is 0 Å². The minimum atomic E-state index is -3.45. The summed E-state index contributed by atoms with van der Waals surface area (Å²) in [6.07, 6.45) is 2.80. The number of nitrogens with two attached hydrogens (primary N) is 1. The SMILES string of the molecule is CC(C)CCN(C1CC1)S(=O)(=O)c1ccc(N)cc1Br. The summed E-state index contributed by atoms with van der Waals surface area (Å²) < 4.78 is 27.8. The standard InChI is InChI=1S/C14H21BrN2O2S/c1-10(2)7-8-17(12-4-5-12)20(18,19)14-6-3-11(16)9-13(14)15/h3,6,9-10,12H,4-5,7-8,16H2,1-2H3.